The molecule has 0 bridgehead atoms. The lowest BCUT2D eigenvalue weighted by molar-refractivity contribution is -0.128. The summed E-state index contributed by atoms with van der Waals surface area (Å²) in [5.74, 6) is 0.844. The molecule has 0 spiro atoms. The molecule has 2 aromatic rings. The number of carbonyl (C=O) groups excluding carboxylic acids is 1. The lowest BCUT2D eigenvalue weighted by Gasteiger charge is -2.21. The molecule has 0 aromatic heterocycles. The van der Waals surface area contributed by atoms with E-state index in [0.717, 1.165) is 12.0 Å². The van der Waals surface area contributed by atoms with Crippen LogP contribution in [0.2, 0.25) is 0 Å². The minimum atomic E-state index is -3.69. The first kappa shape index (κ1) is 19.2. The maximum absolute atomic E-state index is 12.5. The van der Waals surface area contributed by atoms with Crippen LogP contribution in [0.1, 0.15) is 12.5 Å². The number of carbonyl (C=O) groups is 1. The highest BCUT2D eigenvalue weighted by molar-refractivity contribution is 7.89. The molecule has 1 aliphatic rings. The molecule has 0 radical (unpaired) electrons. The van der Waals surface area contributed by atoms with Gasteiger partial charge >= 0.3 is 0 Å². The molecule has 144 valence electrons. The topological polar surface area (TPSA) is 84.9 Å². The summed E-state index contributed by atoms with van der Waals surface area (Å²) in [7, 11) is -3.69. The van der Waals surface area contributed by atoms with Gasteiger partial charge < -0.3 is 14.4 Å². The van der Waals surface area contributed by atoms with Gasteiger partial charge in [0.05, 0.1) is 4.90 Å². The smallest absolute Gasteiger partial charge is 0.240 e. The van der Waals surface area contributed by atoms with Crippen molar-refractivity contribution in [1.82, 2.24) is 9.62 Å². The number of hydrogen-bond acceptors (Lipinski definition) is 5. The first-order valence-electron chi connectivity index (χ1n) is 8.64. The van der Waals surface area contributed by atoms with E-state index < -0.39 is 10.0 Å². The van der Waals surface area contributed by atoms with Gasteiger partial charge in [0.25, 0.3) is 0 Å². The van der Waals surface area contributed by atoms with Crippen molar-refractivity contribution >= 4 is 15.9 Å². The normalized spacial score (nSPS) is 12.8. The van der Waals surface area contributed by atoms with Crippen molar-refractivity contribution in [2.75, 3.05) is 26.4 Å². The van der Waals surface area contributed by atoms with Crippen molar-refractivity contribution in [3.8, 4) is 11.5 Å². The van der Waals surface area contributed by atoms with Crippen molar-refractivity contribution in [3.05, 3.63) is 54.1 Å². The molecule has 2 aromatic carbocycles. The van der Waals surface area contributed by atoms with E-state index in [0.29, 0.717) is 24.6 Å². The molecule has 3 rings (SSSR count). The predicted octanol–water partition coefficient (Wildman–Crippen LogP) is 1.78. The van der Waals surface area contributed by atoms with Crippen molar-refractivity contribution in [2.24, 2.45) is 0 Å². The first-order chi connectivity index (χ1) is 13.0. The van der Waals surface area contributed by atoms with Gasteiger partial charge in [-0.25, -0.2) is 13.1 Å². The second kappa shape index (κ2) is 8.41. The average molecular weight is 390 g/mol. The Bertz CT molecular complexity index is 900. The van der Waals surface area contributed by atoms with Crippen LogP contribution in [-0.2, 0) is 21.2 Å². The Balaban J connectivity index is 1.55. The molecule has 0 saturated heterocycles. The van der Waals surface area contributed by atoms with Gasteiger partial charge in [0, 0.05) is 32.6 Å². The van der Waals surface area contributed by atoms with Gasteiger partial charge in [-0.15, -0.1) is 0 Å². The van der Waals surface area contributed by atoms with Crippen LogP contribution >= 0.6 is 0 Å². The van der Waals surface area contributed by atoms with Gasteiger partial charge in [0.2, 0.25) is 22.7 Å². The molecule has 0 saturated carbocycles. The summed E-state index contributed by atoms with van der Waals surface area (Å²) in [4.78, 5) is 13.6. The molecule has 1 N–H and O–H groups in total. The summed E-state index contributed by atoms with van der Waals surface area (Å²) in [6, 6.07) is 14.3. The van der Waals surface area contributed by atoms with Gasteiger partial charge in [0.1, 0.15) is 0 Å². The molecule has 7 nitrogen and oxygen atoms in total. The minimum Gasteiger partial charge on any atom is -0.454 e. The molecule has 0 fully saturated rings. The zero-order valence-corrected chi connectivity index (χ0v) is 15.9. The summed E-state index contributed by atoms with van der Waals surface area (Å²) in [5, 5.41) is 0. The molecule has 1 amide bonds. The van der Waals surface area contributed by atoms with Crippen LogP contribution in [0.4, 0.5) is 0 Å². The fourth-order valence-corrected chi connectivity index (χ4v) is 3.81. The third-order valence-electron chi connectivity index (χ3n) is 4.29. The third kappa shape index (κ3) is 4.99. The van der Waals surface area contributed by atoms with Gasteiger partial charge in [-0.3, -0.25) is 4.79 Å². The zero-order valence-electron chi connectivity index (χ0n) is 15.1. The molecule has 1 aliphatic heterocycles. The Morgan fingerprint density at radius 1 is 1.07 bits per heavy atom. The Labute approximate surface area is 158 Å². The van der Waals surface area contributed by atoms with E-state index in [1.165, 1.54) is 19.1 Å². The quantitative estimate of drug-likeness (QED) is 0.743. The van der Waals surface area contributed by atoms with E-state index in [9.17, 15) is 13.2 Å². The number of hydrogen-bond donors (Lipinski definition) is 1. The molecular formula is C19H22N2O5S. The fraction of sp³-hybridized carbons (Fsp3) is 0.316. The highest BCUT2D eigenvalue weighted by Gasteiger charge is 2.20. The van der Waals surface area contributed by atoms with E-state index in [-0.39, 0.29) is 24.1 Å². The Morgan fingerprint density at radius 3 is 2.56 bits per heavy atom. The number of sulfonamides is 1. The van der Waals surface area contributed by atoms with Crippen molar-refractivity contribution in [1.29, 1.82) is 0 Å². The van der Waals surface area contributed by atoms with Crippen LogP contribution in [0.25, 0.3) is 0 Å². The molecule has 0 atom stereocenters. The molecule has 27 heavy (non-hydrogen) atoms. The number of amides is 1. The van der Waals surface area contributed by atoms with E-state index >= 15 is 0 Å². The van der Waals surface area contributed by atoms with E-state index in [1.807, 2.05) is 30.3 Å². The maximum Gasteiger partial charge on any atom is 0.240 e. The lowest BCUT2D eigenvalue weighted by Crippen LogP contribution is -2.38. The number of ether oxygens (including phenoxy) is 2. The third-order valence-corrected chi connectivity index (χ3v) is 5.75. The van der Waals surface area contributed by atoms with Crippen molar-refractivity contribution < 1.29 is 22.7 Å². The standard InChI is InChI=1S/C19H22N2O5S/c1-15(22)21(11-9-16-5-3-2-4-6-16)12-10-20-27(23,24)17-7-8-18-19(13-17)26-14-25-18/h2-8,13,20H,9-12,14H2,1H3. The largest absolute Gasteiger partial charge is 0.454 e. The highest BCUT2D eigenvalue weighted by Crippen LogP contribution is 2.33. The van der Waals surface area contributed by atoms with E-state index in [1.54, 1.807) is 11.0 Å². The summed E-state index contributed by atoms with van der Waals surface area (Å²) < 4.78 is 37.8. The number of rotatable bonds is 8. The van der Waals surface area contributed by atoms with Crippen molar-refractivity contribution in [2.45, 2.75) is 18.2 Å². The van der Waals surface area contributed by atoms with Crippen LogP contribution in [0.15, 0.2) is 53.4 Å². The summed E-state index contributed by atoms with van der Waals surface area (Å²) in [6.45, 7) is 2.53. The first-order valence-corrected chi connectivity index (χ1v) is 10.1. The number of nitrogens with one attached hydrogen (secondary N) is 1. The molecule has 1 heterocycles. The Morgan fingerprint density at radius 2 is 1.81 bits per heavy atom. The molecule has 0 unspecified atom stereocenters. The van der Waals surface area contributed by atoms with Crippen LogP contribution in [-0.4, -0.2) is 45.7 Å². The Kier molecular flexibility index (Phi) is 5.98. The second-order valence-electron chi connectivity index (χ2n) is 6.15. The summed E-state index contributed by atoms with van der Waals surface area (Å²) in [5.41, 5.74) is 1.13. The van der Waals surface area contributed by atoms with Gasteiger partial charge in [-0.05, 0) is 24.1 Å². The molecule has 8 heteroatoms. The Hall–Kier alpha value is -2.58. The van der Waals surface area contributed by atoms with Gasteiger partial charge in [-0.2, -0.15) is 0 Å². The minimum absolute atomic E-state index is 0.0846. The van der Waals surface area contributed by atoms with Crippen LogP contribution in [0.5, 0.6) is 11.5 Å². The zero-order chi connectivity index (χ0) is 19.3. The fourth-order valence-electron chi connectivity index (χ4n) is 2.78. The van der Waals surface area contributed by atoms with E-state index in [2.05, 4.69) is 4.72 Å². The lowest BCUT2D eigenvalue weighted by atomic mass is 10.1. The monoisotopic (exact) mass is 390 g/mol. The summed E-state index contributed by atoms with van der Waals surface area (Å²) in [6.07, 6.45) is 0.718. The second-order valence-corrected chi connectivity index (χ2v) is 7.92. The SMILES string of the molecule is CC(=O)N(CCNS(=O)(=O)c1ccc2c(c1)OCO2)CCc1ccccc1. The van der Waals surface area contributed by atoms with Crippen molar-refractivity contribution in [3.63, 3.8) is 0 Å². The maximum atomic E-state index is 12.5. The number of benzene rings is 2. The van der Waals surface area contributed by atoms with Crippen LogP contribution < -0.4 is 14.2 Å². The highest BCUT2D eigenvalue weighted by atomic mass is 32.2. The summed E-state index contributed by atoms with van der Waals surface area (Å²) >= 11 is 0. The molecule has 0 aliphatic carbocycles. The van der Waals surface area contributed by atoms with Gasteiger partial charge in [-0.1, -0.05) is 30.3 Å². The molecular weight excluding hydrogens is 368 g/mol. The number of nitrogens with zero attached hydrogens (tertiary/aromatic N) is 1. The van der Waals surface area contributed by atoms with Crippen LogP contribution in [0.3, 0.4) is 0 Å². The van der Waals surface area contributed by atoms with Gasteiger partial charge in [0.15, 0.2) is 11.5 Å². The van der Waals surface area contributed by atoms with Crippen LogP contribution in [0, 0.1) is 0 Å². The predicted molar refractivity (Wildman–Crippen MR) is 100 cm³/mol. The average Bonchev–Trinajstić information content (AvgIpc) is 3.13. The number of fused-ring (bicyclic) bond motifs is 1. The van der Waals surface area contributed by atoms with E-state index in [4.69, 9.17) is 9.47 Å².